The molecule has 0 aliphatic heterocycles. The Morgan fingerprint density at radius 1 is 0.963 bits per heavy atom. The molecule has 0 radical (unpaired) electrons. The molecule has 27 heavy (non-hydrogen) atoms. The summed E-state index contributed by atoms with van der Waals surface area (Å²) in [6.45, 7) is 19.0. The Balaban J connectivity index is 3.06. The third-order valence-corrected chi connectivity index (χ3v) is 12.0. The van der Waals surface area contributed by atoms with Crippen molar-refractivity contribution in [3.05, 3.63) is 35.9 Å². The highest BCUT2D eigenvalue weighted by atomic mass is 28.4. The summed E-state index contributed by atoms with van der Waals surface area (Å²) in [5, 5.41) is 19.3. The van der Waals surface area contributed by atoms with Crippen molar-refractivity contribution >= 4 is 23.8 Å². The smallest absolute Gasteiger partial charge is 0.402 e. The van der Waals surface area contributed by atoms with E-state index in [0.717, 1.165) is 5.56 Å². The largest absolute Gasteiger partial charge is 0.635 e. The van der Waals surface area contributed by atoms with E-state index in [1.54, 1.807) is 0 Å². The Morgan fingerprint density at radius 2 is 1.48 bits per heavy atom. The summed E-state index contributed by atoms with van der Waals surface area (Å²) in [4.78, 5) is 0. The Hall–Kier alpha value is -0.481. The molecule has 0 fully saturated rings. The number of nitrogens with zero attached hydrogens (tertiary/aromatic N) is 1. The van der Waals surface area contributed by atoms with E-state index in [1.807, 2.05) is 30.3 Å². The first-order valence-electron chi connectivity index (χ1n) is 9.76. The lowest BCUT2D eigenvalue weighted by Gasteiger charge is -2.51. The summed E-state index contributed by atoms with van der Waals surface area (Å²) in [5.41, 5.74) is 1.13. The lowest BCUT2D eigenvalue weighted by molar-refractivity contribution is -0.0397. The van der Waals surface area contributed by atoms with Crippen LogP contribution in [0.3, 0.4) is 0 Å². The number of rotatable bonds is 11. The predicted octanol–water partition coefficient (Wildman–Crippen LogP) is 3.76. The Kier molecular flexibility index (Phi) is 9.40. The zero-order valence-electron chi connectivity index (χ0n) is 18.3. The second kappa shape index (κ2) is 10.3. The second-order valence-corrected chi connectivity index (χ2v) is 19.6. The topological polar surface area (TPSA) is 62.2 Å². The van der Waals surface area contributed by atoms with Crippen molar-refractivity contribution in [2.75, 3.05) is 6.61 Å². The van der Waals surface area contributed by atoms with E-state index in [1.165, 1.54) is 0 Å². The second-order valence-electron chi connectivity index (χ2n) is 9.47. The van der Waals surface area contributed by atoms with Crippen molar-refractivity contribution in [2.24, 2.45) is 11.8 Å². The molecule has 0 saturated heterocycles. The minimum atomic E-state index is -1.79. The van der Waals surface area contributed by atoms with Gasteiger partial charge in [0.1, 0.15) is 16.5 Å². The standard InChI is InChI=1S/C19H38BNO4Si2/c1-16(2)18(15-24-14-17-12-10-9-11-13-17)19(25-20(22)23)21(26(3,4)5)27(6,7)8/h9-13,16,18-19,22-23H,14-15H2,1-8H3. The van der Waals surface area contributed by atoms with Crippen molar-refractivity contribution < 1.29 is 19.4 Å². The molecule has 0 aliphatic rings. The molecule has 2 atom stereocenters. The first kappa shape index (κ1) is 24.6. The predicted molar refractivity (Wildman–Crippen MR) is 118 cm³/mol. The molecule has 1 aromatic carbocycles. The lowest BCUT2D eigenvalue weighted by atomic mass is 9.94. The van der Waals surface area contributed by atoms with Gasteiger partial charge in [-0.15, -0.1) is 0 Å². The number of hydrogen-bond acceptors (Lipinski definition) is 5. The van der Waals surface area contributed by atoms with E-state index in [2.05, 4.69) is 57.4 Å². The maximum Gasteiger partial charge on any atom is 0.635 e. The summed E-state index contributed by atoms with van der Waals surface area (Å²) < 4.78 is 14.2. The van der Waals surface area contributed by atoms with E-state index in [-0.39, 0.29) is 18.1 Å². The first-order valence-corrected chi connectivity index (χ1v) is 16.7. The highest BCUT2D eigenvalue weighted by Gasteiger charge is 2.45. The lowest BCUT2D eigenvalue weighted by Crippen LogP contribution is -2.67. The molecule has 0 aromatic heterocycles. The third kappa shape index (κ3) is 8.19. The molecule has 0 aliphatic carbocycles. The molecular weight excluding hydrogens is 373 g/mol. The SMILES string of the molecule is CC(C)C(COCc1ccccc1)C(OB(O)O)N([Si](C)(C)C)[Si](C)(C)C. The molecule has 5 nitrogen and oxygen atoms in total. The molecule has 0 bridgehead atoms. The van der Waals surface area contributed by atoms with Gasteiger partial charge >= 0.3 is 7.32 Å². The van der Waals surface area contributed by atoms with Gasteiger partial charge in [0.15, 0.2) is 0 Å². The maximum atomic E-state index is 9.63. The maximum absolute atomic E-state index is 9.63. The van der Waals surface area contributed by atoms with Crippen LogP contribution >= 0.6 is 0 Å². The van der Waals surface area contributed by atoms with E-state index in [0.29, 0.717) is 13.2 Å². The molecule has 0 heterocycles. The summed E-state index contributed by atoms with van der Waals surface area (Å²) in [6.07, 6.45) is -0.376. The fourth-order valence-corrected chi connectivity index (χ4v) is 13.8. The van der Waals surface area contributed by atoms with Crippen LogP contribution in [0.2, 0.25) is 39.3 Å². The summed E-state index contributed by atoms with van der Waals surface area (Å²) in [7, 11) is -5.33. The van der Waals surface area contributed by atoms with Gasteiger partial charge in [0.05, 0.1) is 19.4 Å². The molecular formula is C19H38BNO4Si2. The summed E-state index contributed by atoms with van der Waals surface area (Å²) in [6, 6.07) is 10.1. The summed E-state index contributed by atoms with van der Waals surface area (Å²) in [5.74, 6) is 0.314. The van der Waals surface area contributed by atoms with Gasteiger partial charge in [0.2, 0.25) is 0 Å². The van der Waals surface area contributed by atoms with Crippen LogP contribution in [0.1, 0.15) is 19.4 Å². The van der Waals surface area contributed by atoms with Crippen LogP contribution in [0.5, 0.6) is 0 Å². The monoisotopic (exact) mass is 411 g/mol. The highest BCUT2D eigenvalue weighted by molar-refractivity contribution is 6.89. The van der Waals surface area contributed by atoms with Crippen molar-refractivity contribution in [3.8, 4) is 0 Å². The fraction of sp³-hybridized carbons (Fsp3) is 0.684. The van der Waals surface area contributed by atoms with Crippen LogP contribution in [0.25, 0.3) is 0 Å². The first-order chi connectivity index (χ1) is 12.3. The van der Waals surface area contributed by atoms with Gasteiger partial charge in [0.25, 0.3) is 0 Å². The molecule has 8 heteroatoms. The normalized spacial score (nSPS) is 15.3. The minimum absolute atomic E-state index is 0.0361. The number of benzene rings is 1. The number of ether oxygens (including phenoxy) is 1. The zero-order chi connectivity index (χ0) is 20.8. The van der Waals surface area contributed by atoms with Gasteiger partial charge in [-0.1, -0.05) is 83.5 Å². The van der Waals surface area contributed by atoms with Gasteiger partial charge in [-0.3, -0.25) is 0 Å². The molecule has 2 N–H and O–H groups in total. The molecule has 0 spiro atoms. The zero-order valence-corrected chi connectivity index (χ0v) is 20.3. The highest BCUT2D eigenvalue weighted by Crippen LogP contribution is 2.31. The van der Waals surface area contributed by atoms with Gasteiger partial charge in [-0.05, 0) is 11.5 Å². The average molecular weight is 412 g/mol. The van der Waals surface area contributed by atoms with E-state index in [9.17, 15) is 10.0 Å². The van der Waals surface area contributed by atoms with Gasteiger partial charge in [-0.25, -0.2) is 0 Å². The average Bonchev–Trinajstić information content (AvgIpc) is 2.48. The fourth-order valence-electron chi connectivity index (χ4n) is 3.74. The van der Waals surface area contributed by atoms with Gasteiger partial charge < -0.3 is 23.7 Å². The Labute approximate surface area is 168 Å². The minimum Gasteiger partial charge on any atom is -0.402 e. The van der Waals surface area contributed by atoms with Crippen LogP contribution in [0.15, 0.2) is 30.3 Å². The van der Waals surface area contributed by atoms with Crippen molar-refractivity contribution in [1.82, 2.24) is 4.23 Å². The Morgan fingerprint density at radius 3 is 1.89 bits per heavy atom. The van der Waals surface area contributed by atoms with E-state index in [4.69, 9.17) is 9.39 Å². The summed E-state index contributed by atoms with van der Waals surface area (Å²) >= 11 is 0. The van der Waals surface area contributed by atoms with Crippen molar-refractivity contribution in [3.63, 3.8) is 0 Å². The van der Waals surface area contributed by atoms with Crippen molar-refractivity contribution in [2.45, 2.75) is 66.0 Å². The van der Waals surface area contributed by atoms with Gasteiger partial charge in [-0.2, -0.15) is 0 Å². The molecule has 2 unspecified atom stereocenters. The molecule has 0 saturated carbocycles. The van der Waals surface area contributed by atoms with E-state index >= 15 is 0 Å². The van der Waals surface area contributed by atoms with Crippen LogP contribution in [-0.2, 0) is 16.0 Å². The van der Waals surface area contributed by atoms with Crippen molar-refractivity contribution in [1.29, 1.82) is 0 Å². The van der Waals surface area contributed by atoms with Crippen LogP contribution in [0.4, 0.5) is 0 Å². The molecule has 154 valence electrons. The van der Waals surface area contributed by atoms with Gasteiger partial charge in [0, 0.05) is 5.92 Å². The van der Waals surface area contributed by atoms with Crippen LogP contribution in [0, 0.1) is 11.8 Å². The van der Waals surface area contributed by atoms with Crippen LogP contribution < -0.4 is 0 Å². The van der Waals surface area contributed by atoms with Crippen LogP contribution in [-0.4, -0.2) is 50.9 Å². The number of hydrogen-bond donors (Lipinski definition) is 2. The Bertz CT molecular complexity index is 533. The van der Waals surface area contributed by atoms with E-state index < -0.39 is 23.8 Å². The quantitative estimate of drug-likeness (QED) is 0.429. The molecule has 0 amide bonds. The molecule has 1 rings (SSSR count). The third-order valence-electron chi connectivity index (χ3n) is 4.61. The molecule has 1 aromatic rings.